The molecule has 1 fully saturated rings. The minimum Gasteiger partial charge on any atom is -0.497 e. The van der Waals surface area contributed by atoms with Crippen molar-refractivity contribution in [2.75, 3.05) is 57.9 Å². The zero-order chi connectivity index (χ0) is 19.3. The molecule has 0 spiro atoms. The van der Waals surface area contributed by atoms with E-state index in [0.717, 1.165) is 70.5 Å². The molecule has 0 aliphatic carbocycles. The molecule has 0 aromatic heterocycles. The Bertz CT molecular complexity index is 565. The molecular weight excluding hydrogens is 340 g/mol. The van der Waals surface area contributed by atoms with Gasteiger partial charge in [0.1, 0.15) is 5.75 Å². The number of aliphatic imine (C=N–C) groups is 1. The van der Waals surface area contributed by atoms with E-state index >= 15 is 0 Å². The largest absolute Gasteiger partial charge is 0.497 e. The van der Waals surface area contributed by atoms with Crippen LogP contribution in [0.15, 0.2) is 29.3 Å². The van der Waals surface area contributed by atoms with Crippen LogP contribution in [0.3, 0.4) is 0 Å². The van der Waals surface area contributed by atoms with Gasteiger partial charge < -0.3 is 25.0 Å². The maximum Gasteiger partial charge on any atom is 0.191 e. The Kier molecular flexibility index (Phi) is 9.84. The average molecular weight is 377 g/mol. The van der Waals surface area contributed by atoms with E-state index in [-0.39, 0.29) is 0 Å². The van der Waals surface area contributed by atoms with Crippen molar-refractivity contribution in [2.24, 2.45) is 10.9 Å². The van der Waals surface area contributed by atoms with Gasteiger partial charge in [-0.1, -0.05) is 6.07 Å². The summed E-state index contributed by atoms with van der Waals surface area (Å²) < 4.78 is 10.7. The molecule has 152 valence electrons. The molecule has 2 rings (SSSR count). The van der Waals surface area contributed by atoms with Gasteiger partial charge in [0.05, 0.1) is 7.11 Å². The average Bonchev–Trinajstić information content (AvgIpc) is 3.18. The summed E-state index contributed by atoms with van der Waals surface area (Å²) in [5.74, 6) is 2.43. The van der Waals surface area contributed by atoms with Gasteiger partial charge in [-0.05, 0) is 51.2 Å². The number of unbranched alkanes of at least 4 members (excludes halogenated alkanes) is 1. The lowest BCUT2D eigenvalue weighted by molar-refractivity contribution is 0.143. The fourth-order valence-electron chi connectivity index (χ4n) is 3.27. The molecule has 6 nitrogen and oxygen atoms in total. The van der Waals surface area contributed by atoms with Gasteiger partial charge in [-0.15, -0.1) is 0 Å². The van der Waals surface area contributed by atoms with E-state index in [4.69, 9.17) is 14.5 Å². The van der Waals surface area contributed by atoms with Crippen LogP contribution in [0.4, 0.5) is 5.69 Å². The van der Waals surface area contributed by atoms with Crippen LogP contribution < -0.4 is 20.3 Å². The normalized spacial score (nSPS) is 17.2. The fourth-order valence-corrected chi connectivity index (χ4v) is 3.27. The van der Waals surface area contributed by atoms with Gasteiger partial charge in [0.15, 0.2) is 5.96 Å². The van der Waals surface area contributed by atoms with Gasteiger partial charge in [-0.25, -0.2) is 0 Å². The summed E-state index contributed by atoms with van der Waals surface area (Å²) in [6, 6.07) is 8.31. The number of rotatable bonds is 11. The molecule has 1 aromatic rings. The summed E-state index contributed by atoms with van der Waals surface area (Å²) in [4.78, 5) is 7.23. The Morgan fingerprint density at radius 1 is 1.26 bits per heavy atom. The van der Waals surface area contributed by atoms with E-state index in [1.54, 1.807) is 7.11 Å². The highest BCUT2D eigenvalue weighted by Gasteiger charge is 2.22. The minimum absolute atomic E-state index is 0.588. The molecular formula is C21H36N4O2. The van der Waals surface area contributed by atoms with Crippen LogP contribution in [-0.2, 0) is 4.74 Å². The predicted molar refractivity (Wildman–Crippen MR) is 113 cm³/mol. The Balaban J connectivity index is 1.76. The van der Waals surface area contributed by atoms with E-state index in [9.17, 15) is 0 Å². The standard InChI is InChI=1S/C21H36N4O2/c1-4-22-21(23-12-6-7-14-27-5-2)24-16-18-11-13-25(17-18)19-9-8-10-20(15-19)26-3/h8-10,15,18H,4-7,11-14,16-17H2,1-3H3,(H2,22,23,24). The maximum absolute atomic E-state index is 5.38. The van der Waals surface area contributed by atoms with E-state index in [1.807, 2.05) is 13.0 Å². The molecule has 2 N–H and O–H groups in total. The van der Waals surface area contributed by atoms with E-state index in [2.05, 4.69) is 40.7 Å². The number of hydrogen-bond donors (Lipinski definition) is 2. The first-order valence-electron chi connectivity index (χ1n) is 10.3. The fraction of sp³-hybridized carbons (Fsp3) is 0.667. The number of methoxy groups -OCH3 is 1. The smallest absolute Gasteiger partial charge is 0.191 e. The van der Waals surface area contributed by atoms with E-state index in [0.29, 0.717) is 5.92 Å². The van der Waals surface area contributed by atoms with Crippen molar-refractivity contribution in [3.8, 4) is 5.75 Å². The lowest BCUT2D eigenvalue weighted by atomic mass is 10.1. The molecule has 27 heavy (non-hydrogen) atoms. The maximum atomic E-state index is 5.38. The monoisotopic (exact) mass is 376 g/mol. The first-order chi connectivity index (χ1) is 13.3. The van der Waals surface area contributed by atoms with Crippen molar-refractivity contribution >= 4 is 11.6 Å². The molecule has 1 unspecified atom stereocenters. The summed E-state index contributed by atoms with van der Waals surface area (Å²) in [5, 5.41) is 6.78. The number of benzene rings is 1. The predicted octanol–water partition coefficient (Wildman–Crippen LogP) is 2.89. The third-order valence-corrected chi connectivity index (χ3v) is 4.77. The molecule has 1 saturated heterocycles. The van der Waals surface area contributed by atoms with Crippen LogP contribution in [0.25, 0.3) is 0 Å². The van der Waals surface area contributed by atoms with Crippen LogP contribution in [0.5, 0.6) is 5.75 Å². The van der Waals surface area contributed by atoms with Gasteiger partial charge in [0.25, 0.3) is 0 Å². The first kappa shape index (κ1) is 21.4. The summed E-state index contributed by atoms with van der Waals surface area (Å²) >= 11 is 0. The molecule has 0 bridgehead atoms. The Morgan fingerprint density at radius 3 is 2.93 bits per heavy atom. The van der Waals surface area contributed by atoms with Gasteiger partial charge in [0.2, 0.25) is 0 Å². The van der Waals surface area contributed by atoms with Crippen molar-refractivity contribution < 1.29 is 9.47 Å². The lowest BCUT2D eigenvalue weighted by Gasteiger charge is -2.19. The summed E-state index contributed by atoms with van der Waals surface area (Å²) in [6.07, 6.45) is 3.35. The van der Waals surface area contributed by atoms with Gasteiger partial charge in [-0.3, -0.25) is 4.99 Å². The number of anilines is 1. The number of nitrogens with one attached hydrogen (secondary N) is 2. The van der Waals surface area contributed by atoms with Crippen molar-refractivity contribution in [3.63, 3.8) is 0 Å². The van der Waals surface area contributed by atoms with Crippen LogP contribution in [-0.4, -0.2) is 59.0 Å². The third-order valence-electron chi connectivity index (χ3n) is 4.77. The molecule has 0 saturated carbocycles. The lowest BCUT2D eigenvalue weighted by Crippen LogP contribution is -2.38. The quantitative estimate of drug-likeness (QED) is 0.353. The molecule has 1 heterocycles. The Morgan fingerprint density at radius 2 is 2.15 bits per heavy atom. The Labute approximate surface area is 164 Å². The van der Waals surface area contributed by atoms with Crippen LogP contribution in [0.1, 0.15) is 33.1 Å². The van der Waals surface area contributed by atoms with Crippen molar-refractivity contribution in [3.05, 3.63) is 24.3 Å². The van der Waals surface area contributed by atoms with Gasteiger partial charge in [-0.2, -0.15) is 0 Å². The highest BCUT2D eigenvalue weighted by molar-refractivity contribution is 5.79. The van der Waals surface area contributed by atoms with Crippen LogP contribution in [0.2, 0.25) is 0 Å². The second kappa shape index (κ2) is 12.4. The summed E-state index contributed by atoms with van der Waals surface area (Å²) in [7, 11) is 1.71. The molecule has 1 aliphatic rings. The number of hydrogen-bond acceptors (Lipinski definition) is 4. The third kappa shape index (κ3) is 7.67. The molecule has 1 aromatic carbocycles. The van der Waals surface area contributed by atoms with Gasteiger partial charge in [0, 0.05) is 57.7 Å². The topological polar surface area (TPSA) is 58.1 Å². The summed E-state index contributed by atoms with van der Waals surface area (Å²) in [5.41, 5.74) is 1.24. The van der Waals surface area contributed by atoms with Crippen LogP contribution in [0, 0.1) is 5.92 Å². The number of nitrogens with zero attached hydrogens (tertiary/aromatic N) is 2. The molecule has 1 aliphatic heterocycles. The molecule has 0 amide bonds. The zero-order valence-electron chi connectivity index (χ0n) is 17.2. The second-order valence-electron chi connectivity index (χ2n) is 6.85. The molecule has 6 heteroatoms. The zero-order valence-corrected chi connectivity index (χ0v) is 17.2. The van der Waals surface area contributed by atoms with E-state index < -0.39 is 0 Å². The molecule has 1 atom stereocenters. The first-order valence-corrected chi connectivity index (χ1v) is 10.3. The highest BCUT2D eigenvalue weighted by atomic mass is 16.5. The minimum atomic E-state index is 0.588. The number of guanidine groups is 1. The van der Waals surface area contributed by atoms with Crippen molar-refractivity contribution in [1.29, 1.82) is 0 Å². The van der Waals surface area contributed by atoms with Gasteiger partial charge >= 0.3 is 0 Å². The SMILES string of the molecule is CCNC(=NCC1CCN(c2cccc(OC)c2)C1)NCCCCOCC. The second-order valence-corrected chi connectivity index (χ2v) is 6.85. The number of ether oxygens (including phenoxy) is 2. The Hall–Kier alpha value is -1.95. The highest BCUT2D eigenvalue weighted by Crippen LogP contribution is 2.26. The van der Waals surface area contributed by atoms with Crippen molar-refractivity contribution in [2.45, 2.75) is 33.1 Å². The molecule has 0 radical (unpaired) electrons. The summed E-state index contributed by atoms with van der Waals surface area (Å²) in [6.45, 7) is 10.6. The van der Waals surface area contributed by atoms with Crippen LogP contribution >= 0.6 is 0 Å². The van der Waals surface area contributed by atoms with E-state index in [1.165, 1.54) is 12.1 Å². The van der Waals surface area contributed by atoms with Crippen molar-refractivity contribution in [1.82, 2.24) is 10.6 Å².